The first-order chi connectivity index (χ1) is 15.7. The summed E-state index contributed by atoms with van der Waals surface area (Å²) >= 11 is 0. The molecule has 0 aromatic heterocycles. The number of fused-ring (bicyclic) bond motifs is 1. The predicted octanol–water partition coefficient (Wildman–Crippen LogP) is 6.71. The third kappa shape index (κ3) is 4.73. The van der Waals surface area contributed by atoms with Gasteiger partial charge in [-0.05, 0) is 73.1 Å². The van der Waals surface area contributed by atoms with Crippen molar-refractivity contribution in [2.24, 2.45) is 5.41 Å². The van der Waals surface area contributed by atoms with Gasteiger partial charge < -0.3 is 20.1 Å². The van der Waals surface area contributed by atoms with Crippen molar-refractivity contribution in [1.29, 1.82) is 0 Å². The van der Waals surface area contributed by atoms with E-state index in [0.29, 0.717) is 18.8 Å². The van der Waals surface area contributed by atoms with Crippen molar-refractivity contribution in [3.8, 4) is 11.5 Å². The van der Waals surface area contributed by atoms with Crippen LogP contribution in [-0.4, -0.2) is 19.5 Å². The number of ether oxygens (including phenoxy) is 2. The second-order valence-electron chi connectivity index (χ2n) is 10.1. The fourth-order valence-corrected chi connectivity index (χ4v) is 4.77. The Kier molecular flexibility index (Phi) is 6.42. The van der Waals surface area contributed by atoms with Gasteiger partial charge in [0, 0.05) is 17.7 Å². The Balaban J connectivity index is 1.81. The second kappa shape index (κ2) is 9.12. The number of hydrogen-bond acceptors (Lipinski definition) is 5. The summed E-state index contributed by atoms with van der Waals surface area (Å²) in [5, 5.41) is 7.32. The van der Waals surface area contributed by atoms with Crippen molar-refractivity contribution >= 4 is 17.2 Å². The van der Waals surface area contributed by atoms with Gasteiger partial charge in [0.2, 0.25) is 0 Å². The molecule has 2 N–H and O–H groups in total. The predicted molar refractivity (Wildman–Crippen MR) is 134 cm³/mol. The third-order valence-corrected chi connectivity index (χ3v) is 6.70. The molecule has 0 saturated heterocycles. The maximum Gasteiger partial charge on any atom is 0.163 e. The highest BCUT2D eigenvalue weighted by molar-refractivity contribution is 6.01. The average molecular weight is 449 g/mol. The molecule has 2 aromatic carbocycles. The molecule has 4 rings (SSSR count). The summed E-state index contributed by atoms with van der Waals surface area (Å²) in [5.74, 6) is 1.61. The first kappa shape index (κ1) is 23.2. The molecule has 2 aromatic rings. The van der Waals surface area contributed by atoms with Gasteiger partial charge in [-0.2, -0.15) is 0 Å². The van der Waals surface area contributed by atoms with Crippen LogP contribution in [-0.2, 0) is 4.79 Å². The van der Waals surface area contributed by atoms with E-state index in [-0.39, 0.29) is 17.2 Å². The number of carbonyl (C=O) groups is 1. The summed E-state index contributed by atoms with van der Waals surface area (Å²) in [6.45, 7) is 11.4. The topological polar surface area (TPSA) is 59.6 Å². The first-order valence-corrected chi connectivity index (χ1v) is 11.9. The summed E-state index contributed by atoms with van der Waals surface area (Å²) < 4.78 is 11.6. The largest absolute Gasteiger partial charge is 0.493 e. The van der Waals surface area contributed by atoms with Crippen molar-refractivity contribution in [1.82, 2.24) is 0 Å². The Hall–Kier alpha value is -2.95. The second-order valence-corrected chi connectivity index (χ2v) is 10.1. The third-order valence-electron chi connectivity index (χ3n) is 6.70. The van der Waals surface area contributed by atoms with Gasteiger partial charge in [0.15, 0.2) is 17.3 Å². The summed E-state index contributed by atoms with van der Waals surface area (Å²) in [5.41, 5.74) is 7.21. The van der Waals surface area contributed by atoms with Gasteiger partial charge in [0.1, 0.15) is 0 Å². The van der Waals surface area contributed by atoms with Gasteiger partial charge in [-0.15, -0.1) is 0 Å². The number of unbranched alkanes of at least 4 members (excludes halogenated alkanes) is 1. The molecule has 0 saturated carbocycles. The molecule has 1 atom stereocenters. The number of benzene rings is 2. The maximum absolute atomic E-state index is 13.5. The summed E-state index contributed by atoms with van der Waals surface area (Å²) in [4.78, 5) is 13.5. The van der Waals surface area contributed by atoms with Crippen LogP contribution in [0.15, 0.2) is 41.6 Å². The quantitative estimate of drug-likeness (QED) is 0.481. The van der Waals surface area contributed by atoms with Crippen LogP contribution in [0.1, 0.15) is 69.2 Å². The fourth-order valence-electron chi connectivity index (χ4n) is 4.77. The number of methoxy groups -OCH3 is 1. The lowest BCUT2D eigenvalue weighted by molar-refractivity contribution is -0.118. The van der Waals surface area contributed by atoms with E-state index < -0.39 is 0 Å². The Labute approximate surface area is 197 Å². The van der Waals surface area contributed by atoms with Crippen LogP contribution in [0, 0.1) is 19.3 Å². The summed E-state index contributed by atoms with van der Waals surface area (Å²) in [6.07, 6.45) is 3.44. The van der Waals surface area contributed by atoms with E-state index in [9.17, 15) is 4.79 Å². The van der Waals surface area contributed by atoms with Crippen LogP contribution in [0.25, 0.3) is 0 Å². The molecule has 33 heavy (non-hydrogen) atoms. The zero-order chi connectivity index (χ0) is 23.8. The standard InChI is InChI=1S/C28H36N2O3/c1-7-8-11-33-24-10-9-19(14-25(24)32-6)27-26-22(15-28(4,5)16-23(26)31)29-20-12-17(2)18(3)13-21(20)30-27/h9-10,12-14,27,29-30H,7-8,11,15-16H2,1-6H3/t27-/m1/s1. The van der Waals surface area contributed by atoms with Gasteiger partial charge in [0.05, 0.1) is 31.1 Å². The molecule has 0 bridgehead atoms. The Morgan fingerprint density at radius 1 is 1.03 bits per heavy atom. The molecule has 2 aliphatic rings. The Bertz CT molecular complexity index is 1100. The number of carbonyl (C=O) groups excluding carboxylic acids is 1. The van der Waals surface area contributed by atoms with Crippen LogP contribution in [0.5, 0.6) is 11.5 Å². The van der Waals surface area contributed by atoms with Gasteiger partial charge in [-0.3, -0.25) is 4.79 Å². The molecule has 0 unspecified atom stereocenters. The molecule has 1 aliphatic carbocycles. The fraction of sp³-hybridized carbons (Fsp3) is 0.464. The molecule has 176 valence electrons. The van der Waals surface area contributed by atoms with E-state index in [0.717, 1.165) is 53.2 Å². The Morgan fingerprint density at radius 2 is 1.76 bits per heavy atom. The van der Waals surface area contributed by atoms with Crippen molar-refractivity contribution in [3.63, 3.8) is 0 Å². The summed E-state index contributed by atoms with van der Waals surface area (Å²) in [6, 6.07) is 10.1. The number of hydrogen-bond donors (Lipinski definition) is 2. The molecule has 1 aliphatic heterocycles. The SMILES string of the molecule is CCCCOc1ccc([C@H]2Nc3cc(C)c(C)cc3NC3=C2C(=O)CC(C)(C)C3)cc1OC. The summed E-state index contributed by atoms with van der Waals surface area (Å²) in [7, 11) is 1.66. The van der Waals surface area contributed by atoms with Crippen molar-refractivity contribution in [2.75, 3.05) is 24.4 Å². The van der Waals surface area contributed by atoms with Crippen LogP contribution < -0.4 is 20.1 Å². The number of allylic oxidation sites excluding steroid dienone is 1. The smallest absolute Gasteiger partial charge is 0.163 e. The molecule has 0 radical (unpaired) electrons. The highest BCUT2D eigenvalue weighted by Gasteiger charge is 2.39. The van der Waals surface area contributed by atoms with E-state index in [1.807, 2.05) is 18.2 Å². The van der Waals surface area contributed by atoms with Gasteiger partial charge in [-0.25, -0.2) is 0 Å². The van der Waals surface area contributed by atoms with Gasteiger partial charge >= 0.3 is 0 Å². The zero-order valence-electron chi connectivity index (χ0n) is 20.7. The molecule has 5 nitrogen and oxygen atoms in total. The Morgan fingerprint density at radius 3 is 2.45 bits per heavy atom. The van der Waals surface area contributed by atoms with Crippen molar-refractivity contribution < 1.29 is 14.3 Å². The molecule has 0 fully saturated rings. The van der Waals surface area contributed by atoms with Crippen LogP contribution in [0.2, 0.25) is 0 Å². The van der Waals surface area contributed by atoms with Gasteiger partial charge in [0.25, 0.3) is 0 Å². The number of Topliss-reactive ketones (excluding diaryl/α,β-unsaturated/α-hetero) is 1. The first-order valence-electron chi connectivity index (χ1n) is 11.9. The molecular formula is C28H36N2O3. The van der Waals surface area contributed by atoms with E-state index in [2.05, 4.69) is 57.4 Å². The van der Waals surface area contributed by atoms with E-state index in [4.69, 9.17) is 9.47 Å². The molecule has 5 heteroatoms. The number of nitrogens with one attached hydrogen (secondary N) is 2. The van der Waals surface area contributed by atoms with E-state index in [1.165, 1.54) is 11.1 Å². The number of anilines is 2. The number of aryl methyl sites for hydroxylation is 2. The highest BCUT2D eigenvalue weighted by Crippen LogP contribution is 2.46. The van der Waals surface area contributed by atoms with E-state index >= 15 is 0 Å². The average Bonchev–Trinajstić information content (AvgIpc) is 2.90. The lowest BCUT2D eigenvalue weighted by atomic mass is 9.73. The van der Waals surface area contributed by atoms with Crippen LogP contribution >= 0.6 is 0 Å². The molecular weight excluding hydrogens is 412 g/mol. The normalized spacial score (nSPS) is 19.1. The minimum Gasteiger partial charge on any atom is -0.493 e. The number of rotatable bonds is 6. The van der Waals surface area contributed by atoms with Crippen molar-refractivity contribution in [3.05, 3.63) is 58.3 Å². The number of ketones is 1. The monoisotopic (exact) mass is 448 g/mol. The maximum atomic E-state index is 13.5. The van der Waals surface area contributed by atoms with E-state index in [1.54, 1.807) is 7.11 Å². The van der Waals surface area contributed by atoms with Gasteiger partial charge in [-0.1, -0.05) is 33.3 Å². The van der Waals surface area contributed by atoms with Crippen LogP contribution in [0.4, 0.5) is 11.4 Å². The minimum absolute atomic E-state index is 0.0770. The minimum atomic E-state index is -0.266. The highest BCUT2D eigenvalue weighted by atomic mass is 16.5. The molecule has 1 heterocycles. The van der Waals surface area contributed by atoms with Crippen molar-refractivity contribution in [2.45, 2.75) is 66.3 Å². The molecule has 0 spiro atoms. The lowest BCUT2D eigenvalue weighted by Crippen LogP contribution is -2.31. The zero-order valence-corrected chi connectivity index (χ0v) is 20.7. The van der Waals surface area contributed by atoms with Crippen LogP contribution in [0.3, 0.4) is 0 Å². The lowest BCUT2D eigenvalue weighted by Gasteiger charge is -2.34. The molecule has 0 amide bonds.